The van der Waals surface area contributed by atoms with Gasteiger partial charge >= 0.3 is 5.97 Å². The van der Waals surface area contributed by atoms with Crippen LogP contribution in [0.4, 0.5) is 0 Å². The van der Waals surface area contributed by atoms with Crippen molar-refractivity contribution in [2.75, 3.05) is 0 Å². The lowest BCUT2D eigenvalue weighted by Crippen LogP contribution is -2.55. The number of nitrogens with one attached hydrogen (secondary N) is 2. The van der Waals surface area contributed by atoms with Gasteiger partial charge < -0.3 is 20.1 Å². The fourth-order valence-corrected chi connectivity index (χ4v) is 6.19. The Kier molecular flexibility index (Phi) is 14.9. The zero-order valence-corrected chi connectivity index (χ0v) is 34.6. The maximum Gasteiger partial charge on any atom is 0.332 e. The van der Waals surface area contributed by atoms with Gasteiger partial charge in [0.1, 0.15) is 17.7 Å². The first-order chi connectivity index (χ1) is 24.3. The van der Waals surface area contributed by atoms with Gasteiger partial charge in [0.25, 0.3) is 5.91 Å². The Hall–Kier alpha value is -3.93. The third-order valence-electron chi connectivity index (χ3n) is 7.33. The Bertz CT molecular complexity index is 1760. The van der Waals surface area contributed by atoms with Gasteiger partial charge in [0.15, 0.2) is 11.9 Å². The van der Waals surface area contributed by atoms with E-state index < -0.39 is 41.3 Å². The third kappa shape index (κ3) is 12.9. The summed E-state index contributed by atoms with van der Waals surface area (Å²) in [5, 5.41) is 5.89. The van der Waals surface area contributed by atoms with Crippen LogP contribution >= 0.6 is 27.3 Å². The van der Waals surface area contributed by atoms with E-state index in [4.69, 9.17) is 9.47 Å². The second kappa shape index (κ2) is 18.2. The predicted octanol–water partition coefficient (Wildman–Crippen LogP) is 9.02. The van der Waals surface area contributed by atoms with Crippen molar-refractivity contribution < 1.29 is 23.9 Å². The first kappa shape index (κ1) is 42.5. The van der Waals surface area contributed by atoms with Gasteiger partial charge in [-0.05, 0) is 86.1 Å². The molecule has 2 aromatic carbocycles. The van der Waals surface area contributed by atoms with Crippen LogP contribution in [0.15, 0.2) is 83.6 Å². The van der Waals surface area contributed by atoms with E-state index in [1.807, 2.05) is 95.3 Å². The predicted molar refractivity (Wildman–Crippen MR) is 212 cm³/mol. The van der Waals surface area contributed by atoms with Crippen LogP contribution in [-0.4, -0.2) is 51.0 Å². The SMILES string of the molecule is CC.CC(C)(C)OC(=O)C(NC(=O)C(Cc1ccc(-c2ncc(Br)cn2)cc1)NC(=O)c1ccc(C(C)(C)C)s1)C(OC(C)(C)C)c1ccccc1. The van der Waals surface area contributed by atoms with Crippen LogP contribution in [0.3, 0.4) is 0 Å². The normalized spacial score (nSPS) is 13.5. The monoisotopic (exact) mass is 792 g/mol. The Morgan fingerprint density at radius 3 is 1.90 bits per heavy atom. The lowest BCUT2D eigenvalue weighted by atomic mass is 9.95. The Balaban J connectivity index is 0.00000358. The first-order valence-corrected chi connectivity index (χ1v) is 19.1. The molecule has 11 heteroatoms. The molecule has 280 valence electrons. The summed E-state index contributed by atoms with van der Waals surface area (Å²) in [5.41, 5.74) is 0.630. The molecule has 2 aromatic heterocycles. The number of esters is 1. The summed E-state index contributed by atoms with van der Waals surface area (Å²) < 4.78 is 13.1. The number of amides is 2. The van der Waals surface area contributed by atoms with Crippen molar-refractivity contribution in [3.05, 3.63) is 104 Å². The van der Waals surface area contributed by atoms with Crippen molar-refractivity contribution in [2.24, 2.45) is 0 Å². The zero-order chi connectivity index (χ0) is 38.9. The molecule has 0 spiro atoms. The van der Waals surface area contributed by atoms with Gasteiger partial charge in [-0.2, -0.15) is 0 Å². The summed E-state index contributed by atoms with van der Waals surface area (Å²) in [7, 11) is 0. The van der Waals surface area contributed by atoms with Gasteiger partial charge in [0.05, 0.1) is 15.0 Å². The van der Waals surface area contributed by atoms with Gasteiger partial charge in [0, 0.05) is 29.3 Å². The number of nitrogens with zero attached hydrogens (tertiary/aromatic N) is 2. The van der Waals surface area contributed by atoms with Crippen LogP contribution in [0.25, 0.3) is 11.4 Å². The molecule has 0 saturated carbocycles. The summed E-state index contributed by atoms with van der Waals surface area (Å²) >= 11 is 4.75. The van der Waals surface area contributed by atoms with Crippen molar-refractivity contribution in [1.29, 1.82) is 0 Å². The highest BCUT2D eigenvalue weighted by atomic mass is 79.9. The van der Waals surface area contributed by atoms with Crippen LogP contribution in [0.1, 0.15) is 108 Å². The molecule has 2 heterocycles. The van der Waals surface area contributed by atoms with Gasteiger partial charge in [-0.3, -0.25) is 9.59 Å². The minimum atomic E-state index is -1.23. The number of rotatable bonds is 11. The van der Waals surface area contributed by atoms with Crippen LogP contribution in [-0.2, 0) is 30.9 Å². The number of carbonyl (C=O) groups excluding carboxylic acids is 3. The van der Waals surface area contributed by atoms with Crippen molar-refractivity contribution in [3.63, 3.8) is 0 Å². The van der Waals surface area contributed by atoms with E-state index in [0.717, 1.165) is 20.5 Å². The second-order valence-corrected chi connectivity index (χ2v) is 17.1. The summed E-state index contributed by atoms with van der Waals surface area (Å²) in [6.07, 6.45) is 2.61. The number of ether oxygens (including phenoxy) is 2. The molecule has 4 aromatic rings. The number of hydrogen-bond donors (Lipinski definition) is 2. The van der Waals surface area contributed by atoms with Crippen molar-refractivity contribution in [1.82, 2.24) is 20.6 Å². The average molecular weight is 794 g/mol. The maximum atomic E-state index is 14.4. The van der Waals surface area contributed by atoms with E-state index in [1.54, 1.807) is 39.2 Å². The van der Waals surface area contributed by atoms with Crippen molar-refractivity contribution >= 4 is 45.1 Å². The summed E-state index contributed by atoms with van der Waals surface area (Å²) in [6.45, 7) is 21.2. The molecule has 0 bridgehead atoms. The Morgan fingerprint density at radius 2 is 1.38 bits per heavy atom. The molecule has 4 rings (SSSR count). The average Bonchev–Trinajstić information content (AvgIpc) is 3.59. The molecule has 3 atom stereocenters. The lowest BCUT2D eigenvalue weighted by molar-refractivity contribution is -0.167. The van der Waals surface area contributed by atoms with Gasteiger partial charge in [-0.25, -0.2) is 14.8 Å². The maximum absolute atomic E-state index is 14.4. The molecule has 9 nitrogen and oxygen atoms in total. The zero-order valence-electron chi connectivity index (χ0n) is 32.2. The first-order valence-electron chi connectivity index (χ1n) is 17.5. The number of hydrogen-bond acceptors (Lipinski definition) is 8. The molecule has 3 unspecified atom stereocenters. The van der Waals surface area contributed by atoms with Crippen LogP contribution in [0.5, 0.6) is 0 Å². The second-order valence-electron chi connectivity index (χ2n) is 15.1. The number of aromatic nitrogens is 2. The van der Waals surface area contributed by atoms with E-state index in [1.165, 1.54) is 11.3 Å². The topological polar surface area (TPSA) is 120 Å². The highest BCUT2D eigenvalue weighted by Crippen LogP contribution is 2.31. The van der Waals surface area contributed by atoms with E-state index in [9.17, 15) is 14.4 Å². The van der Waals surface area contributed by atoms with Crippen LogP contribution in [0.2, 0.25) is 0 Å². The van der Waals surface area contributed by atoms with E-state index in [-0.39, 0.29) is 17.7 Å². The highest BCUT2D eigenvalue weighted by Gasteiger charge is 2.39. The number of carbonyl (C=O) groups is 3. The fraction of sp³-hybridized carbons (Fsp3) is 0.439. The molecule has 0 saturated heterocycles. The smallest absolute Gasteiger partial charge is 0.332 e. The van der Waals surface area contributed by atoms with Gasteiger partial charge in [-0.15, -0.1) is 11.3 Å². The van der Waals surface area contributed by atoms with Gasteiger partial charge in [0.2, 0.25) is 5.91 Å². The largest absolute Gasteiger partial charge is 0.458 e. The lowest BCUT2D eigenvalue weighted by Gasteiger charge is -2.35. The molecule has 0 radical (unpaired) electrons. The highest BCUT2D eigenvalue weighted by molar-refractivity contribution is 9.10. The molecule has 0 aliphatic rings. The van der Waals surface area contributed by atoms with Crippen LogP contribution in [0, 0.1) is 0 Å². The summed E-state index contributed by atoms with van der Waals surface area (Å²) in [4.78, 5) is 52.2. The van der Waals surface area contributed by atoms with E-state index in [0.29, 0.717) is 16.3 Å². The summed E-state index contributed by atoms with van der Waals surface area (Å²) in [6, 6.07) is 18.2. The number of benzene rings is 2. The summed E-state index contributed by atoms with van der Waals surface area (Å²) in [5.74, 6) is -1.04. The standard InChI is InChI=1S/C39H47BrN4O5S.C2H6/c1-37(2,3)30-20-19-29(50-30)35(46)43-28(21-24-15-17-26(18-16-24)33-41-22-27(40)23-42-33)34(45)44-31(36(47)49-39(7,8)9)32(48-38(4,5)6)25-13-11-10-12-14-25;1-2/h10-20,22-23,28,31-32H,21H2,1-9H3,(H,43,46)(H,44,45);1-2H3. The Labute approximate surface area is 321 Å². The molecule has 2 amide bonds. The molecule has 0 fully saturated rings. The third-order valence-corrected chi connectivity index (χ3v) is 9.25. The Morgan fingerprint density at radius 1 is 0.788 bits per heavy atom. The van der Waals surface area contributed by atoms with Crippen LogP contribution < -0.4 is 10.6 Å². The quantitative estimate of drug-likeness (QED) is 0.146. The molecule has 52 heavy (non-hydrogen) atoms. The van der Waals surface area contributed by atoms with E-state index >= 15 is 0 Å². The molecule has 0 aliphatic carbocycles. The fourth-order valence-electron chi connectivity index (χ4n) is 5.02. The number of thiophene rings is 1. The van der Waals surface area contributed by atoms with E-state index in [2.05, 4.69) is 57.3 Å². The molecule has 2 N–H and O–H groups in total. The molecular formula is C41H53BrN4O5S. The van der Waals surface area contributed by atoms with Crippen molar-refractivity contribution in [2.45, 2.75) is 117 Å². The van der Waals surface area contributed by atoms with Gasteiger partial charge in [-0.1, -0.05) is 89.2 Å². The number of halogens is 1. The van der Waals surface area contributed by atoms with Crippen molar-refractivity contribution in [3.8, 4) is 11.4 Å². The minimum Gasteiger partial charge on any atom is -0.458 e. The molecule has 0 aliphatic heterocycles. The minimum absolute atomic E-state index is 0.138. The molecular weight excluding hydrogens is 740 g/mol.